The third-order valence-corrected chi connectivity index (χ3v) is 5.59. The van der Waals surface area contributed by atoms with E-state index in [-0.39, 0.29) is 5.56 Å². The fourth-order valence-corrected chi connectivity index (χ4v) is 4.57. The van der Waals surface area contributed by atoms with E-state index in [2.05, 4.69) is 4.98 Å². The first kappa shape index (κ1) is 16.1. The van der Waals surface area contributed by atoms with Gasteiger partial charge in [-0.15, -0.1) is 11.3 Å². The minimum atomic E-state index is -0.664. The second-order valence-electron chi connectivity index (χ2n) is 5.81. The number of hydrogen-bond acceptors (Lipinski definition) is 5. The summed E-state index contributed by atoms with van der Waals surface area (Å²) in [5, 5.41) is 0.684. The second-order valence-corrected chi connectivity index (χ2v) is 6.89. The lowest BCUT2D eigenvalue weighted by atomic mass is 10.1. The molecular formula is C16H21N3O3S. The van der Waals surface area contributed by atoms with Gasteiger partial charge in [0.1, 0.15) is 16.7 Å². The van der Waals surface area contributed by atoms with Crippen LogP contribution >= 0.6 is 11.3 Å². The normalized spacial score (nSPS) is 15.0. The average Bonchev–Trinajstić information content (AvgIpc) is 3.08. The van der Waals surface area contributed by atoms with Gasteiger partial charge in [-0.3, -0.25) is 14.2 Å². The summed E-state index contributed by atoms with van der Waals surface area (Å²) >= 11 is 1.60. The Balaban J connectivity index is 2.26. The molecule has 124 valence electrons. The molecule has 2 aromatic heterocycles. The van der Waals surface area contributed by atoms with Crippen LogP contribution in [0.2, 0.25) is 0 Å². The Morgan fingerprint density at radius 2 is 2.26 bits per heavy atom. The number of amides is 1. The van der Waals surface area contributed by atoms with Crippen molar-refractivity contribution in [2.24, 2.45) is 5.73 Å². The number of ether oxygens (including phenoxy) is 1. The van der Waals surface area contributed by atoms with Crippen molar-refractivity contribution in [1.82, 2.24) is 9.55 Å². The minimum absolute atomic E-state index is 0.133. The molecule has 0 aliphatic heterocycles. The predicted molar refractivity (Wildman–Crippen MR) is 90.0 cm³/mol. The summed E-state index contributed by atoms with van der Waals surface area (Å²) in [6.07, 6.45) is 3.95. The fraction of sp³-hybridized carbons (Fsp3) is 0.562. The zero-order valence-electron chi connectivity index (χ0n) is 13.4. The molecule has 0 radical (unpaired) electrons. The van der Waals surface area contributed by atoms with Gasteiger partial charge in [0, 0.05) is 18.4 Å². The number of aryl methyl sites for hydroxylation is 2. The molecule has 1 atom stereocenters. The van der Waals surface area contributed by atoms with Gasteiger partial charge in [-0.25, -0.2) is 4.98 Å². The lowest BCUT2D eigenvalue weighted by Gasteiger charge is -2.19. The van der Waals surface area contributed by atoms with Crippen LogP contribution in [0, 0.1) is 0 Å². The number of fused-ring (bicyclic) bond motifs is 3. The Morgan fingerprint density at radius 3 is 2.91 bits per heavy atom. The van der Waals surface area contributed by atoms with Crippen molar-refractivity contribution in [2.75, 3.05) is 13.7 Å². The summed E-state index contributed by atoms with van der Waals surface area (Å²) in [5.74, 6) is 0.0798. The number of rotatable bonds is 6. The van der Waals surface area contributed by atoms with Gasteiger partial charge in [-0.2, -0.15) is 0 Å². The smallest absolute Gasteiger partial charge is 0.263 e. The van der Waals surface area contributed by atoms with E-state index in [9.17, 15) is 9.59 Å². The zero-order chi connectivity index (χ0) is 16.6. The highest BCUT2D eigenvalue weighted by atomic mass is 32.1. The average molecular weight is 335 g/mol. The summed E-state index contributed by atoms with van der Waals surface area (Å²) in [4.78, 5) is 31.7. The van der Waals surface area contributed by atoms with Crippen LogP contribution in [0.15, 0.2) is 4.79 Å². The number of carbonyl (C=O) groups is 1. The van der Waals surface area contributed by atoms with Crippen LogP contribution in [0.5, 0.6) is 0 Å². The van der Waals surface area contributed by atoms with Crippen LogP contribution < -0.4 is 11.3 Å². The SMILES string of the molecule is CCC(C(N)=O)n1c(CCOC)nc2sc3c(c2c1=O)CCC3. The van der Waals surface area contributed by atoms with E-state index >= 15 is 0 Å². The van der Waals surface area contributed by atoms with Crippen molar-refractivity contribution < 1.29 is 9.53 Å². The van der Waals surface area contributed by atoms with Crippen LogP contribution in [-0.4, -0.2) is 29.2 Å². The van der Waals surface area contributed by atoms with E-state index in [0.717, 1.165) is 29.7 Å². The molecule has 1 aliphatic rings. The Kier molecular flexibility index (Phi) is 4.50. The number of aromatic nitrogens is 2. The lowest BCUT2D eigenvalue weighted by molar-refractivity contribution is -0.121. The third kappa shape index (κ3) is 2.68. The van der Waals surface area contributed by atoms with Crippen LogP contribution in [0.25, 0.3) is 10.2 Å². The maximum absolute atomic E-state index is 13.1. The van der Waals surface area contributed by atoms with E-state index in [1.807, 2.05) is 6.92 Å². The molecule has 2 heterocycles. The van der Waals surface area contributed by atoms with Crippen molar-refractivity contribution >= 4 is 27.5 Å². The van der Waals surface area contributed by atoms with Crippen molar-refractivity contribution in [3.63, 3.8) is 0 Å². The van der Waals surface area contributed by atoms with Crippen molar-refractivity contribution in [2.45, 2.75) is 45.1 Å². The van der Waals surface area contributed by atoms with Gasteiger partial charge in [-0.05, 0) is 31.2 Å². The molecular weight excluding hydrogens is 314 g/mol. The first-order chi connectivity index (χ1) is 11.1. The van der Waals surface area contributed by atoms with E-state index in [4.69, 9.17) is 10.5 Å². The Morgan fingerprint density at radius 1 is 1.48 bits per heavy atom. The number of hydrogen-bond donors (Lipinski definition) is 1. The molecule has 2 N–H and O–H groups in total. The number of carbonyl (C=O) groups excluding carboxylic acids is 1. The van der Waals surface area contributed by atoms with E-state index in [0.29, 0.717) is 30.7 Å². The number of methoxy groups -OCH3 is 1. The Labute approximate surface area is 138 Å². The van der Waals surface area contributed by atoms with Crippen molar-refractivity contribution in [3.05, 3.63) is 26.6 Å². The van der Waals surface area contributed by atoms with Crippen LogP contribution in [0.3, 0.4) is 0 Å². The van der Waals surface area contributed by atoms with Crippen LogP contribution in [-0.2, 0) is 28.8 Å². The topological polar surface area (TPSA) is 87.2 Å². The first-order valence-corrected chi connectivity index (χ1v) is 8.74. The third-order valence-electron chi connectivity index (χ3n) is 4.40. The first-order valence-electron chi connectivity index (χ1n) is 7.92. The number of nitrogens with zero attached hydrogens (tertiary/aromatic N) is 2. The molecule has 0 saturated heterocycles. The van der Waals surface area contributed by atoms with Crippen molar-refractivity contribution in [3.8, 4) is 0 Å². The highest BCUT2D eigenvalue weighted by Crippen LogP contribution is 2.35. The highest BCUT2D eigenvalue weighted by molar-refractivity contribution is 7.18. The zero-order valence-corrected chi connectivity index (χ0v) is 14.2. The molecule has 0 fully saturated rings. The van der Waals surface area contributed by atoms with Gasteiger partial charge >= 0.3 is 0 Å². The summed E-state index contributed by atoms with van der Waals surface area (Å²) in [6.45, 7) is 2.29. The van der Waals surface area contributed by atoms with Crippen LogP contribution in [0.4, 0.5) is 0 Å². The molecule has 1 aliphatic carbocycles. The van der Waals surface area contributed by atoms with Gasteiger partial charge in [0.05, 0.1) is 12.0 Å². The summed E-state index contributed by atoms with van der Waals surface area (Å²) in [6, 6.07) is -0.664. The summed E-state index contributed by atoms with van der Waals surface area (Å²) < 4.78 is 6.61. The molecule has 0 bridgehead atoms. The molecule has 0 aromatic carbocycles. The lowest BCUT2D eigenvalue weighted by Crippen LogP contribution is -2.36. The highest BCUT2D eigenvalue weighted by Gasteiger charge is 2.27. The monoisotopic (exact) mass is 335 g/mol. The van der Waals surface area contributed by atoms with E-state index < -0.39 is 11.9 Å². The van der Waals surface area contributed by atoms with Crippen molar-refractivity contribution in [1.29, 1.82) is 0 Å². The largest absolute Gasteiger partial charge is 0.384 e. The minimum Gasteiger partial charge on any atom is -0.384 e. The molecule has 1 unspecified atom stereocenters. The predicted octanol–water partition coefficient (Wildman–Crippen LogP) is 1.57. The molecule has 3 rings (SSSR count). The second kappa shape index (κ2) is 6.41. The Bertz CT molecular complexity index is 809. The summed E-state index contributed by atoms with van der Waals surface area (Å²) in [5.41, 5.74) is 6.51. The fourth-order valence-electron chi connectivity index (χ4n) is 3.30. The van der Waals surface area contributed by atoms with Gasteiger partial charge in [0.2, 0.25) is 5.91 Å². The van der Waals surface area contributed by atoms with Gasteiger partial charge in [-0.1, -0.05) is 6.92 Å². The molecule has 23 heavy (non-hydrogen) atoms. The molecule has 2 aromatic rings. The maximum Gasteiger partial charge on any atom is 0.263 e. The molecule has 0 saturated carbocycles. The number of nitrogens with two attached hydrogens (primary N) is 1. The van der Waals surface area contributed by atoms with Crippen LogP contribution in [0.1, 0.15) is 42.1 Å². The van der Waals surface area contributed by atoms with Gasteiger partial charge in [0.15, 0.2) is 0 Å². The molecule has 6 nitrogen and oxygen atoms in total. The van der Waals surface area contributed by atoms with Gasteiger partial charge < -0.3 is 10.5 Å². The molecule has 0 spiro atoms. The number of thiophene rings is 1. The van der Waals surface area contributed by atoms with Gasteiger partial charge in [0.25, 0.3) is 5.56 Å². The molecule has 7 heteroatoms. The van der Waals surface area contributed by atoms with E-state index in [1.165, 1.54) is 9.44 Å². The standard InChI is InChI=1S/C16H21N3O3S/c1-3-10(14(17)20)19-12(7-8-22-2)18-15-13(16(19)21)9-5-4-6-11(9)23-15/h10H,3-8H2,1-2H3,(H2,17,20). The Hall–Kier alpha value is -1.73. The number of primary amides is 1. The summed E-state index contributed by atoms with van der Waals surface area (Å²) in [7, 11) is 1.60. The maximum atomic E-state index is 13.1. The van der Waals surface area contributed by atoms with E-state index in [1.54, 1.807) is 18.4 Å². The quantitative estimate of drug-likeness (QED) is 0.868. The molecule has 1 amide bonds.